The highest BCUT2D eigenvalue weighted by Crippen LogP contribution is 2.30. The van der Waals surface area contributed by atoms with Gasteiger partial charge in [0.05, 0.1) is 11.4 Å². The number of anilines is 2. The number of nitrogens with one attached hydrogen (secondary N) is 1. The van der Waals surface area contributed by atoms with E-state index in [9.17, 15) is 4.39 Å². The molecule has 1 fully saturated rings. The van der Waals surface area contributed by atoms with Gasteiger partial charge in [-0.25, -0.2) is 4.39 Å². The first kappa shape index (κ1) is 12.2. The molecule has 0 spiro atoms. The topological polar surface area (TPSA) is 38.0 Å². The van der Waals surface area contributed by atoms with E-state index < -0.39 is 0 Å². The summed E-state index contributed by atoms with van der Waals surface area (Å²) in [5.74, 6) is 1.20. The quantitative estimate of drug-likeness (QED) is 0.786. The van der Waals surface area contributed by atoms with Gasteiger partial charge >= 0.3 is 0 Å². The lowest BCUT2D eigenvalue weighted by Crippen LogP contribution is -2.24. The van der Waals surface area contributed by atoms with Gasteiger partial charge in [-0.3, -0.25) is 0 Å². The molecule has 0 aliphatic heterocycles. The van der Waals surface area contributed by atoms with Gasteiger partial charge in [0.2, 0.25) is 0 Å². The minimum Gasteiger partial charge on any atom is -0.397 e. The normalized spacial score (nSPS) is 24.6. The molecule has 0 aromatic heterocycles. The second kappa shape index (κ2) is 5.39. The second-order valence-corrected chi connectivity index (χ2v) is 5.13. The summed E-state index contributed by atoms with van der Waals surface area (Å²) in [7, 11) is 0. The van der Waals surface area contributed by atoms with Crippen molar-refractivity contribution in [3.63, 3.8) is 0 Å². The largest absolute Gasteiger partial charge is 0.397 e. The summed E-state index contributed by atoms with van der Waals surface area (Å²) in [6.45, 7) is 3.20. The lowest BCUT2D eigenvalue weighted by atomic mass is 9.80. The van der Waals surface area contributed by atoms with Crippen molar-refractivity contribution in [2.24, 2.45) is 11.8 Å². The fourth-order valence-electron chi connectivity index (χ4n) is 2.62. The average molecular weight is 236 g/mol. The van der Waals surface area contributed by atoms with Crippen LogP contribution in [-0.2, 0) is 0 Å². The molecule has 1 aliphatic carbocycles. The number of benzene rings is 1. The number of halogens is 1. The van der Waals surface area contributed by atoms with Crippen LogP contribution >= 0.6 is 0 Å². The summed E-state index contributed by atoms with van der Waals surface area (Å²) < 4.78 is 13.1. The third-order valence-corrected chi connectivity index (χ3v) is 3.86. The summed E-state index contributed by atoms with van der Waals surface area (Å²) in [5, 5.41) is 3.29. The zero-order valence-corrected chi connectivity index (χ0v) is 10.4. The highest BCUT2D eigenvalue weighted by Gasteiger charge is 2.20. The molecule has 0 radical (unpaired) electrons. The van der Waals surface area contributed by atoms with Crippen LogP contribution in [0.3, 0.4) is 0 Å². The van der Waals surface area contributed by atoms with Crippen LogP contribution in [0.2, 0.25) is 0 Å². The van der Waals surface area contributed by atoms with E-state index in [1.165, 1.54) is 37.8 Å². The lowest BCUT2D eigenvalue weighted by Gasteiger charge is -2.29. The Balaban J connectivity index is 1.94. The van der Waals surface area contributed by atoms with Crippen LogP contribution in [-0.4, -0.2) is 6.54 Å². The van der Waals surface area contributed by atoms with Gasteiger partial charge in [-0.2, -0.15) is 0 Å². The maximum Gasteiger partial charge on any atom is 0.125 e. The van der Waals surface area contributed by atoms with Crippen LogP contribution in [0.25, 0.3) is 0 Å². The van der Waals surface area contributed by atoms with Crippen LogP contribution in [0.1, 0.15) is 32.6 Å². The SMILES string of the molecule is CC1CCCCC1CNc1cc(F)ccc1N. The first-order valence-electron chi connectivity index (χ1n) is 6.45. The van der Waals surface area contributed by atoms with Gasteiger partial charge in [0, 0.05) is 6.54 Å². The van der Waals surface area contributed by atoms with Crippen molar-refractivity contribution in [1.82, 2.24) is 0 Å². The smallest absolute Gasteiger partial charge is 0.125 e. The van der Waals surface area contributed by atoms with Crippen molar-refractivity contribution in [3.8, 4) is 0 Å². The van der Waals surface area contributed by atoms with Crippen LogP contribution in [0.5, 0.6) is 0 Å². The molecule has 0 amide bonds. The second-order valence-electron chi connectivity index (χ2n) is 5.13. The molecule has 94 valence electrons. The number of nitrogens with two attached hydrogens (primary N) is 1. The van der Waals surface area contributed by atoms with Gasteiger partial charge in [0.1, 0.15) is 5.82 Å². The van der Waals surface area contributed by atoms with Gasteiger partial charge in [-0.15, -0.1) is 0 Å². The van der Waals surface area contributed by atoms with Crippen LogP contribution in [0, 0.1) is 17.7 Å². The third-order valence-electron chi connectivity index (χ3n) is 3.86. The highest BCUT2D eigenvalue weighted by atomic mass is 19.1. The summed E-state index contributed by atoms with van der Waals surface area (Å²) in [6.07, 6.45) is 5.24. The molecule has 2 nitrogen and oxygen atoms in total. The van der Waals surface area contributed by atoms with E-state index in [0.29, 0.717) is 11.6 Å². The van der Waals surface area contributed by atoms with Crippen molar-refractivity contribution in [2.45, 2.75) is 32.6 Å². The van der Waals surface area contributed by atoms with Crippen molar-refractivity contribution >= 4 is 11.4 Å². The van der Waals surface area contributed by atoms with E-state index in [1.807, 2.05) is 0 Å². The molecule has 17 heavy (non-hydrogen) atoms. The average Bonchev–Trinajstić information content (AvgIpc) is 2.32. The zero-order valence-electron chi connectivity index (χ0n) is 10.4. The van der Waals surface area contributed by atoms with Crippen molar-refractivity contribution in [3.05, 3.63) is 24.0 Å². The molecular weight excluding hydrogens is 215 g/mol. The molecule has 0 saturated heterocycles. The minimum atomic E-state index is -0.238. The van der Waals surface area contributed by atoms with E-state index in [4.69, 9.17) is 5.73 Å². The zero-order chi connectivity index (χ0) is 12.3. The molecule has 2 unspecified atom stereocenters. The molecular formula is C14H21FN2. The maximum atomic E-state index is 13.1. The predicted octanol–water partition coefficient (Wildman–Crippen LogP) is 3.65. The third kappa shape index (κ3) is 3.11. The first-order chi connectivity index (χ1) is 8.16. The Labute approximate surface area is 102 Å². The summed E-state index contributed by atoms with van der Waals surface area (Å²) in [4.78, 5) is 0. The Kier molecular flexibility index (Phi) is 3.87. The van der Waals surface area contributed by atoms with Crippen molar-refractivity contribution < 1.29 is 4.39 Å². The molecule has 1 aromatic rings. The van der Waals surface area contributed by atoms with E-state index in [-0.39, 0.29) is 5.82 Å². The van der Waals surface area contributed by atoms with Crippen molar-refractivity contribution in [2.75, 3.05) is 17.6 Å². The highest BCUT2D eigenvalue weighted by molar-refractivity contribution is 5.65. The number of nitrogen functional groups attached to an aromatic ring is 1. The summed E-state index contributed by atoms with van der Waals surface area (Å²) in [6, 6.07) is 4.48. The standard InChI is InChI=1S/C14H21FN2/c1-10-4-2-3-5-11(10)9-17-14-8-12(15)6-7-13(14)16/h6-8,10-11,17H,2-5,9,16H2,1H3. The number of rotatable bonds is 3. The molecule has 1 aromatic carbocycles. The summed E-state index contributed by atoms with van der Waals surface area (Å²) >= 11 is 0. The maximum absolute atomic E-state index is 13.1. The number of hydrogen-bond acceptors (Lipinski definition) is 2. The van der Waals surface area contributed by atoms with Crippen LogP contribution in [0.4, 0.5) is 15.8 Å². The molecule has 3 N–H and O–H groups in total. The van der Waals surface area contributed by atoms with E-state index >= 15 is 0 Å². The first-order valence-corrected chi connectivity index (χ1v) is 6.45. The minimum absolute atomic E-state index is 0.238. The Morgan fingerprint density at radius 2 is 2.12 bits per heavy atom. The van der Waals surface area contributed by atoms with E-state index in [0.717, 1.165) is 18.2 Å². The Morgan fingerprint density at radius 3 is 2.88 bits per heavy atom. The van der Waals surface area contributed by atoms with Crippen LogP contribution < -0.4 is 11.1 Å². The molecule has 2 rings (SSSR count). The van der Waals surface area contributed by atoms with E-state index in [2.05, 4.69) is 12.2 Å². The molecule has 0 heterocycles. The molecule has 1 saturated carbocycles. The predicted molar refractivity (Wildman–Crippen MR) is 70.4 cm³/mol. The lowest BCUT2D eigenvalue weighted by molar-refractivity contribution is 0.268. The fraction of sp³-hybridized carbons (Fsp3) is 0.571. The van der Waals surface area contributed by atoms with Gasteiger partial charge in [0.15, 0.2) is 0 Å². The molecule has 2 atom stereocenters. The van der Waals surface area contributed by atoms with Crippen molar-refractivity contribution in [1.29, 1.82) is 0 Å². The van der Waals surface area contributed by atoms with Gasteiger partial charge in [-0.1, -0.05) is 26.2 Å². The molecule has 0 bridgehead atoms. The van der Waals surface area contributed by atoms with E-state index in [1.54, 1.807) is 6.07 Å². The monoisotopic (exact) mass is 236 g/mol. The Bertz CT molecular complexity index is 378. The molecule has 1 aliphatic rings. The van der Waals surface area contributed by atoms with Gasteiger partial charge in [-0.05, 0) is 36.5 Å². The number of hydrogen-bond donors (Lipinski definition) is 2. The van der Waals surface area contributed by atoms with Gasteiger partial charge in [0.25, 0.3) is 0 Å². The fourth-order valence-corrected chi connectivity index (χ4v) is 2.62. The Hall–Kier alpha value is -1.25. The summed E-state index contributed by atoms with van der Waals surface area (Å²) in [5.41, 5.74) is 7.16. The van der Waals surface area contributed by atoms with Gasteiger partial charge < -0.3 is 11.1 Å². The Morgan fingerprint density at radius 1 is 1.35 bits per heavy atom. The van der Waals surface area contributed by atoms with Crippen LogP contribution in [0.15, 0.2) is 18.2 Å². The molecule has 3 heteroatoms.